The lowest BCUT2D eigenvalue weighted by atomic mass is 10.2. The molecular weight excluding hydrogens is 236 g/mol. The third-order valence-electron chi connectivity index (χ3n) is 2.79. The van der Waals surface area contributed by atoms with Crippen molar-refractivity contribution in [3.05, 3.63) is 32.7 Å². The number of aromatic nitrogens is 4. The molecule has 7 nitrogen and oxygen atoms in total. The summed E-state index contributed by atoms with van der Waals surface area (Å²) in [4.78, 5) is 31.9. The van der Waals surface area contributed by atoms with Gasteiger partial charge in [-0.25, -0.2) is 14.8 Å². The summed E-state index contributed by atoms with van der Waals surface area (Å²) in [5.74, 6) is 0. The molecule has 0 aliphatic rings. The third kappa shape index (κ3) is 1.92. The molecule has 2 aromatic rings. The molecule has 2 rings (SSSR count). The van der Waals surface area contributed by atoms with Gasteiger partial charge in [0.15, 0.2) is 11.2 Å². The van der Waals surface area contributed by atoms with Crippen LogP contribution in [0.2, 0.25) is 0 Å². The first kappa shape index (κ1) is 12.4. The lowest BCUT2D eigenvalue weighted by molar-refractivity contribution is 0.288. The van der Waals surface area contributed by atoms with Gasteiger partial charge in [-0.1, -0.05) is 0 Å². The molecule has 0 amide bonds. The van der Waals surface area contributed by atoms with Crippen molar-refractivity contribution in [2.45, 2.75) is 12.8 Å². The SMILES string of the molecule is Cn1c(=O)c2nc(CCCO)cnc2n(C)c1=O. The monoisotopic (exact) mass is 250 g/mol. The summed E-state index contributed by atoms with van der Waals surface area (Å²) in [7, 11) is 2.96. The van der Waals surface area contributed by atoms with Gasteiger partial charge in [0.1, 0.15) is 0 Å². The Bertz CT molecular complexity index is 702. The minimum Gasteiger partial charge on any atom is -0.396 e. The Balaban J connectivity index is 2.70. The van der Waals surface area contributed by atoms with Crippen LogP contribution in [0, 0.1) is 0 Å². The summed E-state index contributed by atoms with van der Waals surface area (Å²) < 4.78 is 2.30. The summed E-state index contributed by atoms with van der Waals surface area (Å²) in [5.41, 5.74) is 0.203. The van der Waals surface area contributed by atoms with Crippen LogP contribution in [0.4, 0.5) is 0 Å². The van der Waals surface area contributed by atoms with Crippen LogP contribution >= 0.6 is 0 Å². The molecule has 0 saturated heterocycles. The quantitative estimate of drug-likeness (QED) is 0.751. The Kier molecular flexibility index (Phi) is 3.24. The zero-order valence-corrected chi connectivity index (χ0v) is 10.3. The fraction of sp³-hybridized carbons (Fsp3) is 0.455. The van der Waals surface area contributed by atoms with Crippen molar-refractivity contribution in [1.82, 2.24) is 19.1 Å². The Labute approximate surface area is 102 Å². The van der Waals surface area contributed by atoms with E-state index in [0.717, 1.165) is 4.57 Å². The van der Waals surface area contributed by atoms with Gasteiger partial charge in [0.05, 0.1) is 11.9 Å². The molecule has 0 radical (unpaired) electrons. The van der Waals surface area contributed by atoms with Gasteiger partial charge >= 0.3 is 5.69 Å². The van der Waals surface area contributed by atoms with E-state index in [1.165, 1.54) is 17.8 Å². The summed E-state index contributed by atoms with van der Waals surface area (Å²) in [6.07, 6.45) is 2.63. The molecule has 0 aromatic carbocycles. The highest BCUT2D eigenvalue weighted by Crippen LogP contribution is 2.04. The summed E-state index contributed by atoms with van der Waals surface area (Å²) >= 11 is 0. The molecule has 0 atom stereocenters. The van der Waals surface area contributed by atoms with Crippen molar-refractivity contribution >= 4 is 11.2 Å². The van der Waals surface area contributed by atoms with Gasteiger partial charge in [-0.05, 0) is 12.8 Å². The highest BCUT2D eigenvalue weighted by molar-refractivity contribution is 5.68. The zero-order valence-electron chi connectivity index (χ0n) is 10.3. The van der Waals surface area contributed by atoms with E-state index in [-0.39, 0.29) is 17.8 Å². The largest absolute Gasteiger partial charge is 0.396 e. The molecule has 0 saturated carbocycles. The molecule has 0 aliphatic carbocycles. The predicted molar refractivity (Wildman–Crippen MR) is 65.4 cm³/mol. The van der Waals surface area contributed by atoms with Gasteiger partial charge < -0.3 is 5.11 Å². The molecule has 0 fully saturated rings. The second-order valence-corrected chi connectivity index (χ2v) is 4.07. The average molecular weight is 250 g/mol. The number of hydrogen-bond donors (Lipinski definition) is 1. The summed E-state index contributed by atoms with van der Waals surface area (Å²) in [5, 5.41) is 8.76. The first-order valence-electron chi connectivity index (χ1n) is 5.58. The van der Waals surface area contributed by atoms with E-state index in [9.17, 15) is 9.59 Å². The van der Waals surface area contributed by atoms with Gasteiger partial charge in [-0.2, -0.15) is 0 Å². The molecule has 2 heterocycles. The molecule has 0 unspecified atom stereocenters. The predicted octanol–water partition coefficient (Wildman–Crippen LogP) is -1.05. The maximum atomic E-state index is 11.9. The van der Waals surface area contributed by atoms with Gasteiger partial charge in [0, 0.05) is 20.7 Å². The number of hydrogen-bond acceptors (Lipinski definition) is 5. The number of fused-ring (bicyclic) bond motifs is 1. The van der Waals surface area contributed by atoms with Crippen molar-refractivity contribution in [3.8, 4) is 0 Å². The molecule has 1 N–H and O–H groups in total. The number of nitrogens with zero attached hydrogens (tertiary/aromatic N) is 4. The lowest BCUT2D eigenvalue weighted by Crippen LogP contribution is -2.37. The van der Waals surface area contributed by atoms with E-state index < -0.39 is 11.2 Å². The van der Waals surface area contributed by atoms with Crippen molar-refractivity contribution in [2.24, 2.45) is 14.1 Å². The van der Waals surface area contributed by atoms with E-state index in [1.54, 1.807) is 7.05 Å². The Morgan fingerprint density at radius 1 is 1.28 bits per heavy atom. The number of rotatable bonds is 3. The van der Waals surface area contributed by atoms with Crippen LogP contribution in [0.25, 0.3) is 11.2 Å². The van der Waals surface area contributed by atoms with Crippen molar-refractivity contribution in [1.29, 1.82) is 0 Å². The van der Waals surface area contributed by atoms with Crippen LogP contribution < -0.4 is 11.2 Å². The van der Waals surface area contributed by atoms with E-state index in [0.29, 0.717) is 18.5 Å². The van der Waals surface area contributed by atoms with Crippen LogP contribution in [0.5, 0.6) is 0 Å². The maximum Gasteiger partial charge on any atom is 0.332 e. The number of aliphatic hydroxyl groups excluding tert-OH is 1. The maximum absolute atomic E-state index is 11.9. The van der Waals surface area contributed by atoms with E-state index in [2.05, 4.69) is 9.97 Å². The van der Waals surface area contributed by atoms with E-state index in [1.807, 2.05) is 0 Å². The molecule has 0 spiro atoms. The van der Waals surface area contributed by atoms with Crippen molar-refractivity contribution in [3.63, 3.8) is 0 Å². The lowest BCUT2D eigenvalue weighted by Gasteiger charge is -2.06. The normalized spacial score (nSPS) is 11.1. The first-order valence-corrected chi connectivity index (χ1v) is 5.58. The fourth-order valence-electron chi connectivity index (χ4n) is 1.75. The van der Waals surface area contributed by atoms with Crippen LogP contribution in [0.3, 0.4) is 0 Å². The minimum absolute atomic E-state index is 0.0605. The molecule has 7 heteroatoms. The molecule has 96 valence electrons. The topological polar surface area (TPSA) is 90.0 Å². The second kappa shape index (κ2) is 4.69. The molecule has 0 bridgehead atoms. The molecular formula is C11H14N4O3. The van der Waals surface area contributed by atoms with Gasteiger partial charge in [-0.15, -0.1) is 0 Å². The standard InChI is InChI=1S/C11H14N4O3/c1-14-9-8(10(17)15(2)11(14)18)13-7(6-12-9)4-3-5-16/h6,16H,3-5H2,1-2H3. The first-order chi connectivity index (χ1) is 8.56. The second-order valence-electron chi connectivity index (χ2n) is 4.07. The molecule has 18 heavy (non-hydrogen) atoms. The minimum atomic E-state index is -0.452. The Morgan fingerprint density at radius 2 is 2.00 bits per heavy atom. The molecule has 2 aromatic heterocycles. The smallest absolute Gasteiger partial charge is 0.332 e. The van der Waals surface area contributed by atoms with Crippen molar-refractivity contribution in [2.75, 3.05) is 6.61 Å². The van der Waals surface area contributed by atoms with Crippen LogP contribution in [-0.2, 0) is 20.5 Å². The zero-order chi connectivity index (χ0) is 13.3. The average Bonchev–Trinajstić information content (AvgIpc) is 2.40. The van der Waals surface area contributed by atoms with Gasteiger partial charge in [-0.3, -0.25) is 13.9 Å². The third-order valence-corrected chi connectivity index (χ3v) is 2.79. The van der Waals surface area contributed by atoms with Crippen LogP contribution in [0.15, 0.2) is 15.8 Å². The highest BCUT2D eigenvalue weighted by atomic mass is 16.3. The van der Waals surface area contributed by atoms with Crippen molar-refractivity contribution < 1.29 is 5.11 Å². The number of aryl methyl sites for hydroxylation is 2. The van der Waals surface area contributed by atoms with E-state index >= 15 is 0 Å². The Hall–Kier alpha value is -2.02. The van der Waals surface area contributed by atoms with E-state index in [4.69, 9.17) is 5.11 Å². The van der Waals surface area contributed by atoms with Gasteiger partial charge in [0.25, 0.3) is 5.56 Å². The highest BCUT2D eigenvalue weighted by Gasteiger charge is 2.11. The van der Waals surface area contributed by atoms with Crippen LogP contribution in [-0.4, -0.2) is 30.8 Å². The summed E-state index contributed by atoms with van der Waals surface area (Å²) in [6, 6.07) is 0. The summed E-state index contributed by atoms with van der Waals surface area (Å²) in [6.45, 7) is 0.0605. The number of aliphatic hydroxyl groups is 1. The van der Waals surface area contributed by atoms with Gasteiger partial charge in [0.2, 0.25) is 0 Å². The molecule has 0 aliphatic heterocycles. The van der Waals surface area contributed by atoms with Crippen LogP contribution in [0.1, 0.15) is 12.1 Å². The Morgan fingerprint density at radius 3 is 2.67 bits per heavy atom. The fourth-order valence-corrected chi connectivity index (χ4v) is 1.75.